The van der Waals surface area contributed by atoms with Gasteiger partial charge in [-0.05, 0) is 18.1 Å². The van der Waals surface area contributed by atoms with E-state index in [0.29, 0.717) is 13.1 Å². The predicted octanol–water partition coefficient (Wildman–Crippen LogP) is 3.41. The van der Waals surface area contributed by atoms with Crippen LogP contribution in [0.15, 0.2) is 71.7 Å². The molecule has 0 aliphatic carbocycles. The van der Waals surface area contributed by atoms with Gasteiger partial charge in [0.25, 0.3) is 5.56 Å². The van der Waals surface area contributed by atoms with E-state index in [9.17, 15) is 4.79 Å². The number of fused-ring (bicyclic) bond motifs is 3. The first-order valence-corrected chi connectivity index (χ1v) is 10.1. The SMILES string of the molecule is Cc1cccc(CN2CCc3c(c(=O)n(Cc4ccccc4)c4ccnn34)C2)c1. The highest BCUT2D eigenvalue weighted by molar-refractivity contribution is 5.43. The molecule has 0 atom stereocenters. The van der Waals surface area contributed by atoms with E-state index in [1.807, 2.05) is 33.3 Å². The summed E-state index contributed by atoms with van der Waals surface area (Å²) in [7, 11) is 0. The van der Waals surface area contributed by atoms with Crippen LogP contribution in [0.1, 0.15) is 27.9 Å². The van der Waals surface area contributed by atoms with Crippen molar-refractivity contribution in [1.82, 2.24) is 19.1 Å². The maximum atomic E-state index is 13.5. The largest absolute Gasteiger partial charge is 0.294 e. The Labute approximate surface area is 169 Å². The molecule has 5 nitrogen and oxygen atoms in total. The highest BCUT2D eigenvalue weighted by Gasteiger charge is 2.24. The van der Waals surface area contributed by atoms with Gasteiger partial charge < -0.3 is 0 Å². The van der Waals surface area contributed by atoms with Crippen LogP contribution >= 0.6 is 0 Å². The maximum Gasteiger partial charge on any atom is 0.258 e. The number of benzene rings is 2. The van der Waals surface area contributed by atoms with Crippen molar-refractivity contribution in [3.63, 3.8) is 0 Å². The lowest BCUT2D eigenvalue weighted by Gasteiger charge is -2.29. The topological polar surface area (TPSA) is 42.5 Å². The van der Waals surface area contributed by atoms with E-state index in [-0.39, 0.29) is 5.56 Å². The smallest absolute Gasteiger partial charge is 0.258 e. The first kappa shape index (κ1) is 17.9. The van der Waals surface area contributed by atoms with Crippen LogP contribution in [0.4, 0.5) is 0 Å². The van der Waals surface area contributed by atoms with E-state index in [0.717, 1.165) is 42.0 Å². The highest BCUT2D eigenvalue weighted by Crippen LogP contribution is 2.20. The Kier molecular flexibility index (Phi) is 4.52. The molecule has 0 unspecified atom stereocenters. The standard InChI is InChI=1S/C24H24N4O/c1-18-6-5-9-20(14-18)15-26-13-11-22-21(17-26)24(29)27(23-10-12-25-28(22)23)16-19-7-3-2-4-8-19/h2-10,12,14H,11,13,15-17H2,1H3. The average Bonchev–Trinajstić information content (AvgIpc) is 3.22. The zero-order chi connectivity index (χ0) is 19.8. The molecular weight excluding hydrogens is 360 g/mol. The molecule has 0 spiro atoms. The molecule has 5 rings (SSSR count). The predicted molar refractivity (Wildman–Crippen MR) is 114 cm³/mol. The molecule has 2 aromatic carbocycles. The Morgan fingerprint density at radius 3 is 2.62 bits per heavy atom. The van der Waals surface area contributed by atoms with Crippen molar-refractivity contribution in [2.45, 2.75) is 33.0 Å². The third-order valence-corrected chi connectivity index (χ3v) is 5.73. The molecule has 1 aliphatic heterocycles. The van der Waals surface area contributed by atoms with Crippen LogP contribution in [-0.2, 0) is 26.1 Å². The summed E-state index contributed by atoms with van der Waals surface area (Å²) in [6.45, 7) is 5.12. The maximum absolute atomic E-state index is 13.5. The molecule has 0 saturated carbocycles. The van der Waals surface area contributed by atoms with E-state index in [2.05, 4.69) is 53.3 Å². The van der Waals surface area contributed by atoms with Gasteiger partial charge in [0.2, 0.25) is 0 Å². The fourth-order valence-corrected chi connectivity index (χ4v) is 4.33. The number of nitrogens with zero attached hydrogens (tertiary/aromatic N) is 4. The quantitative estimate of drug-likeness (QED) is 0.542. The number of hydrogen-bond donors (Lipinski definition) is 0. The monoisotopic (exact) mass is 384 g/mol. The highest BCUT2D eigenvalue weighted by atomic mass is 16.1. The fourth-order valence-electron chi connectivity index (χ4n) is 4.33. The summed E-state index contributed by atoms with van der Waals surface area (Å²) in [6.07, 6.45) is 2.62. The molecule has 1 aliphatic rings. The number of aromatic nitrogens is 3. The van der Waals surface area contributed by atoms with Crippen molar-refractivity contribution in [1.29, 1.82) is 0 Å². The first-order valence-electron chi connectivity index (χ1n) is 10.1. The van der Waals surface area contributed by atoms with Gasteiger partial charge in [-0.1, -0.05) is 60.2 Å². The van der Waals surface area contributed by atoms with Gasteiger partial charge in [0.05, 0.1) is 24.0 Å². The zero-order valence-corrected chi connectivity index (χ0v) is 16.6. The molecule has 146 valence electrons. The molecule has 0 saturated heterocycles. The van der Waals surface area contributed by atoms with Crippen LogP contribution in [0.3, 0.4) is 0 Å². The molecule has 4 aromatic rings. The Balaban J connectivity index is 1.52. The summed E-state index contributed by atoms with van der Waals surface area (Å²) < 4.78 is 3.82. The number of aryl methyl sites for hydroxylation is 1. The van der Waals surface area contributed by atoms with Crippen LogP contribution in [0.5, 0.6) is 0 Å². The van der Waals surface area contributed by atoms with Gasteiger partial charge in [-0.25, -0.2) is 4.52 Å². The summed E-state index contributed by atoms with van der Waals surface area (Å²) in [6, 6.07) is 20.7. The van der Waals surface area contributed by atoms with Crippen molar-refractivity contribution in [2.75, 3.05) is 6.54 Å². The minimum absolute atomic E-state index is 0.103. The van der Waals surface area contributed by atoms with Crippen LogP contribution in [0.25, 0.3) is 5.65 Å². The second-order valence-electron chi connectivity index (χ2n) is 7.85. The van der Waals surface area contributed by atoms with Gasteiger partial charge in [0.15, 0.2) is 0 Å². The van der Waals surface area contributed by atoms with E-state index in [4.69, 9.17) is 0 Å². The summed E-state index contributed by atoms with van der Waals surface area (Å²) in [5.74, 6) is 0. The molecule has 5 heteroatoms. The third kappa shape index (κ3) is 3.38. The van der Waals surface area contributed by atoms with Crippen molar-refractivity contribution in [2.24, 2.45) is 0 Å². The van der Waals surface area contributed by atoms with Gasteiger partial charge in [0, 0.05) is 32.1 Å². The zero-order valence-electron chi connectivity index (χ0n) is 16.6. The van der Waals surface area contributed by atoms with Crippen molar-refractivity contribution in [3.8, 4) is 0 Å². The molecule has 0 bridgehead atoms. The molecule has 0 amide bonds. The Bertz CT molecular complexity index is 1220. The van der Waals surface area contributed by atoms with E-state index >= 15 is 0 Å². The summed E-state index contributed by atoms with van der Waals surface area (Å²) in [5, 5.41) is 4.53. The van der Waals surface area contributed by atoms with Gasteiger partial charge in [-0.3, -0.25) is 14.3 Å². The Hall–Kier alpha value is -3.18. The van der Waals surface area contributed by atoms with Crippen LogP contribution < -0.4 is 5.56 Å². The molecule has 0 N–H and O–H groups in total. The minimum atomic E-state index is 0.103. The molecule has 0 fully saturated rings. The molecule has 0 radical (unpaired) electrons. The normalized spacial score (nSPS) is 14.2. The third-order valence-electron chi connectivity index (χ3n) is 5.73. The second-order valence-corrected chi connectivity index (χ2v) is 7.85. The number of hydrogen-bond acceptors (Lipinski definition) is 3. The summed E-state index contributed by atoms with van der Waals surface area (Å²) in [4.78, 5) is 15.8. The molecule has 3 heterocycles. The molecular formula is C24H24N4O. The van der Waals surface area contributed by atoms with Crippen LogP contribution in [-0.4, -0.2) is 25.6 Å². The fraction of sp³-hybridized carbons (Fsp3) is 0.250. The lowest BCUT2D eigenvalue weighted by Crippen LogP contribution is -2.39. The van der Waals surface area contributed by atoms with Gasteiger partial charge >= 0.3 is 0 Å². The van der Waals surface area contributed by atoms with Crippen LogP contribution in [0.2, 0.25) is 0 Å². The summed E-state index contributed by atoms with van der Waals surface area (Å²) >= 11 is 0. The van der Waals surface area contributed by atoms with E-state index in [1.165, 1.54) is 11.1 Å². The molecule has 29 heavy (non-hydrogen) atoms. The molecule has 2 aromatic heterocycles. The summed E-state index contributed by atoms with van der Waals surface area (Å²) in [5.41, 5.74) is 6.57. The second kappa shape index (κ2) is 7.33. The lowest BCUT2D eigenvalue weighted by molar-refractivity contribution is 0.239. The number of rotatable bonds is 4. The van der Waals surface area contributed by atoms with Gasteiger partial charge in [-0.2, -0.15) is 5.10 Å². The van der Waals surface area contributed by atoms with Gasteiger partial charge in [-0.15, -0.1) is 0 Å². The van der Waals surface area contributed by atoms with E-state index < -0.39 is 0 Å². The van der Waals surface area contributed by atoms with Gasteiger partial charge in [0.1, 0.15) is 5.65 Å². The van der Waals surface area contributed by atoms with Crippen LogP contribution in [0, 0.1) is 6.92 Å². The van der Waals surface area contributed by atoms with Crippen molar-refractivity contribution >= 4 is 5.65 Å². The minimum Gasteiger partial charge on any atom is -0.294 e. The van der Waals surface area contributed by atoms with Crippen molar-refractivity contribution in [3.05, 3.63) is 105 Å². The average molecular weight is 384 g/mol. The Morgan fingerprint density at radius 1 is 0.966 bits per heavy atom. The lowest BCUT2D eigenvalue weighted by atomic mass is 10.0. The van der Waals surface area contributed by atoms with E-state index in [1.54, 1.807) is 6.20 Å². The Morgan fingerprint density at radius 2 is 1.79 bits per heavy atom. The first-order chi connectivity index (χ1) is 14.2. The van der Waals surface area contributed by atoms with Crippen molar-refractivity contribution < 1.29 is 0 Å².